The van der Waals surface area contributed by atoms with Crippen LogP contribution in [0.5, 0.6) is 0 Å². The number of aromatic nitrogens is 3. The van der Waals surface area contributed by atoms with E-state index in [4.69, 9.17) is 5.73 Å². The molecule has 1 aliphatic carbocycles. The maximum Gasteiger partial charge on any atom is 0.171 e. The lowest BCUT2D eigenvalue weighted by Crippen LogP contribution is -2.04. The zero-order valence-corrected chi connectivity index (χ0v) is 13.0. The van der Waals surface area contributed by atoms with Crippen LogP contribution in [0.1, 0.15) is 23.2 Å². The summed E-state index contributed by atoms with van der Waals surface area (Å²) in [6.45, 7) is 0. The third kappa shape index (κ3) is 1.88. The smallest absolute Gasteiger partial charge is 0.171 e. The molecular weight excluding hydrogens is 300 g/mol. The molecule has 0 atom stereocenters. The molecule has 1 saturated carbocycles. The molecule has 1 aliphatic rings. The lowest BCUT2D eigenvalue weighted by Gasteiger charge is -2.05. The molecule has 0 unspecified atom stereocenters. The molecule has 3 aromatic heterocycles. The summed E-state index contributed by atoms with van der Waals surface area (Å²) in [6.07, 6.45) is 5.72. The number of pyridine rings is 1. The first kappa shape index (κ1) is 13.4. The molecule has 118 valence electrons. The predicted octanol–water partition coefficient (Wildman–Crippen LogP) is 3.66. The third-order valence-electron chi connectivity index (χ3n) is 4.76. The maximum atomic E-state index is 12.6. The number of nitrogens with two attached hydrogens (primary N) is 1. The number of benzene rings is 1. The minimum atomic E-state index is 0.122. The molecule has 5 nitrogen and oxygen atoms in total. The fourth-order valence-electron chi connectivity index (χ4n) is 3.37. The van der Waals surface area contributed by atoms with Crippen LogP contribution in [-0.2, 0) is 0 Å². The minimum Gasteiger partial charge on any atom is -0.382 e. The van der Waals surface area contributed by atoms with Crippen LogP contribution in [0.25, 0.3) is 27.5 Å². The molecule has 3 N–H and O–H groups in total. The zero-order valence-electron chi connectivity index (χ0n) is 13.0. The van der Waals surface area contributed by atoms with Crippen LogP contribution in [0.3, 0.4) is 0 Å². The van der Waals surface area contributed by atoms with Crippen LogP contribution in [-0.4, -0.2) is 20.4 Å². The second-order valence-corrected chi connectivity index (χ2v) is 6.39. The second-order valence-electron chi connectivity index (χ2n) is 6.39. The molecule has 0 saturated heterocycles. The van der Waals surface area contributed by atoms with E-state index in [9.17, 15) is 4.79 Å². The number of nitrogen functional groups attached to an aromatic ring is 1. The van der Waals surface area contributed by atoms with Gasteiger partial charge in [0, 0.05) is 29.2 Å². The molecule has 0 spiro atoms. The first-order valence-corrected chi connectivity index (χ1v) is 8.11. The third-order valence-corrected chi connectivity index (χ3v) is 4.76. The quantitative estimate of drug-likeness (QED) is 0.566. The number of hydrogen-bond donors (Lipinski definition) is 2. The summed E-state index contributed by atoms with van der Waals surface area (Å²) in [5.41, 5.74) is 10.7. The number of ketones is 1. The average Bonchev–Trinajstić information content (AvgIpc) is 3.23. The largest absolute Gasteiger partial charge is 0.382 e. The van der Waals surface area contributed by atoms with Gasteiger partial charge in [0.25, 0.3) is 0 Å². The molecule has 0 radical (unpaired) electrons. The summed E-state index contributed by atoms with van der Waals surface area (Å²) in [4.78, 5) is 15.8. The number of carbonyl (C=O) groups is 1. The SMILES string of the molecule is Nc1nn2ccc(-c3cccc4[nH]ccc34)cc2c1C(=O)C1CC1. The molecule has 1 aromatic carbocycles. The number of H-pyrrole nitrogens is 1. The number of anilines is 1. The highest BCUT2D eigenvalue weighted by molar-refractivity contribution is 6.09. The van der Waals surface area contributed by atoms with Crippen LogP contribution in [0.4, 0.5) is 5.82 Å². The maximum absolute atomic E-state index is 12.6. The Bertz CT molecular complexity index is 1100. The Morgan fingerprint density at radius 2 is 2.12 bits per heavy atom. The van der Waals surface area contributed by atoms with Crippen LogP contribution >= 0.6 is 0 Å². The summed E-state index contributed by atoms with van der Waals surface area (Å²) >= 11 is 0. The standard InChI is InChI=1S/C19H16N4O/c20-19-17(18(24)11-4-5-11)16-10-12(7-9-23(16)22-19)13-2-1-3-15-14(13)6-8-21-15/h1-3,6-11,21H,4-5H2,(H2,20,22). The Balaban J connectivity index is 1.74. The van der Waals surface area contributed by atoms with Gasteiger partial charge in [-0.25, -0.2) is 4.52 Å². The molecule has 5 heteroatoms. The Kier molecular flexibility index (Phi) is 2.62. The number of Topliss-reactive ketones (excluding diaryl/α,β-unsaturated/α-hetero) is 1. The van der Waals surface area contributed by atoms with Crippen LogP contribution in [0.2, 0.25) is 0 Å². The molecule has 24 heavy (non-hydrogen) atoms. The lowest BCUT2D eigenvalue weighted by atomic mass is 10.0. The summed E-state index contributed by atoms with van der Waals surface area (Å²) in [5.74, 6) is 0.570. The number of nitrogens with zero attached hydrogens (tertiary/aromatic N) is 2. The van der Waals surface area contributed by atoms with Crippen molar-refractivity contribution in [2.45, 2.75) is 12.8 Å². The Hall–Kier alpha value is -3.08. The van der Waals surface area contributed by atoms with Crippen LogP contribution < -0.4 is 5.73 Å². The van der Waals surface area contributed by atoms with Gasteiger partial charge in [-0.15, -0.1) is 5.10 Å². The van der Waals surface area contributed by atoms with Crippen molar-refractivity contribution in [3.8, 4) is 11.1 Å². The van der Waals surface area contributed by atoms with E-state index in [1.54, 1.807) is 4.52 Å². The fraction of sp³-hybridized carbons (Fsp3) is 0.158. The summed E-state index contributed by atoms with van der Waals surface area (Å²) in [5, 5.41) is 5.46. The van der Waals surface area contributed by atoms with E-state index in [2.05, 4.69) is 28.3 Å². The van der Waals surface area contributed by atoms with Gasteiger partial charge in [0.15, 0.2) is 11.6 Å². The highest BCUT2D eigenvalue weighted by Crippen LogP contribution is 2.36. The van der Waals surface area contributed by atoms with Crippen molar-refractivity contribution in [1.82, 2.24) is 14.6 Å². The van der Waals surface area contributed by atoms with E-state index < -0.39 is 0 Å². The van der Waals surface area contributed by atoms with Crippen LogP contribution in [0.15, 0.2) is 48.8 Å². The predicted molar refractivity (Wildman–Crippen MR) is 94.0 cm³/mol. The molecule has 1 fully saturated rings. The number of aromatic amines is 1. The number of carbonyl (C=O) groups excluding carboxylic acids is 1. The van der Waals surface area contributed by atoms with E-state index in [1.165, 1.54) is 0 Å². The average molecular weight is 316 g/mol. The number of nitrogens with one attached hydrogen (secondary N) is 1. The first-order valence-electron chi connectivity index (χ1n) is 8.11. The molecule has 3 heterocycles. The fourth-order valence-corrected chi connectivity index (χ4v) is 3.37. The zero-order chi connectivity index (χ0) is 16.3. The monoisotopic (exact) mass is 316 g/mol. The van der Waals surface area contributed by atoms with Gasteiger partial charge in [0.05, 0.1) is 11.1 Å². The van der Waals surface area contributed by atoms with Gasteiger partial charge >= 0.3 is 0 Å². The molecule has 5 rings (SSSR count). The van der Waals surface area contributed by atoms with E-state index >= 15 is 0 Å². The first-order chi connectivity index (χ1) is 11.7. The summed E-state index contributed by atoms with van der Waals surface area (Å²) in [7, 11) is 0. The van der Waals surface area contributed by atoms with E-state index in [0.717, 1.165) is 40.4 Å². The lowest BCUT2D eigenvalue weighted by molar-refractivity contribution is 0.0970. The molecule has 0 amide bonds. The van der Waals surface area contributed by atoms with Crippen molar-refractivity contribution in [3.63, 3.8) is 0 Å². The molecule has 4 aromatic rings. The van der Waals surface area contributed by atoms with Crippen molar-refractivity contribution in [1.29, 1.82) is 0 Å². The van der Waals surface area contributed by atoms with E-state index in [0.29, 0.717) is 11.4 Å². The van der Waals surface area contributed by atoms with Gasteiger partial charge in [0.1, 0.15) is 0 Å². The van der Waals surface area contributed by atoms with Gasteiger partial charge in [-0.1, -0.05) is 12.1 Å². The van der Waals surface area contributed by atoms with Gasteiger partial charge in [-0.05, 0) is 48.2 Å². The summed E-state index contributed by atoms with van der Waals surface area (Å²) in [6, 6.07) is 12.3. The van der Waals surface area contributed by atoms with E-state index in [1.807, 2.05) is 30.6 Å². The highest BCUT2D eigenvalue weighted by Gasteiger charge is 2.33. The number of fused-ring (bicyclic) bond motifs is 2. The van der Waals surface area contributed by atoms with Gasteiger partial charge in [0.2, 0.25) is 0 Å². The van der Waals surface area contributed by atoms with Crippen molar-refractivity contribution < 1.29 is 4.79 Å². The highest BCUT2D eigenvalue weighted by atomic mass is 16.1. The Labute approximate surface area is 138 Å². The van der Waals surface area contributed by atoms with Gasteiger partial charge in [-0.2, -0.15) is 0 Å². The van der Waals surface area contributed by atoms with Crippen LogP contribution in [0, 0.1) is 5.92 Å². The summed E-state index contributed by atoms with van der Waals surface area (Å²) < 4.78 is 1.70. The molecule has 0 aliphatic heterocycles. The van der Waals surface area contributed by atoms with Gasteiger partial charge < -0.3 is 10.7 Å². The Morgan fingerprint density at radius 1 is 1.25 bits per heavy atom. The number of hydrogen-bond acceptors (Lipinski definition) is 3. The van der Waals surface area contributed by atoms with Crippen molar-refractivity contribution in [2.75, 3.05) is 5.73 Å². The van der Waals surface area contributed by atoms with Gasteiger partial charge in [-0.3, -0.25) is 4.79 Å². The van der Waals surface area contributed by atoms with Crippen molar-refractivity contribution >= 4 is 28.0 Å². The normalized spacial score (nSPS) is 14.5. The van der Waals surface area contributed by atoms with Crippen molar-refractivity contribution in [3.05, 3.63) is 54.4 Å². The second kappa shape index (κ2) is 4.71. The van der Waals surface area contributed by atoms with Crippen molar-refractivity contribution in [2.24, 2.45) is 5.92 Å². The topological polar surface area (TPSA) is 76.2 Å². The number of rotatable bonds is 3. The van der Waals surface area contributed by atoms with E-state index in [-0.39, 0.29) is 11.7 Å². The molecule has 0 bridgehead atoms. The Morgan fingerprint density at radius 3 is 2.96 bits per heavy atom. The molecular formula is C19H16N4O. The minimum absolute atomic E-state index is 0.122.